The van der Waals surface area contributed by atoms with Gasteiger partial charge in [0.2, 0.25) is 12.7 Å². The van der Waals surface area contributed by atoms with Crippen LogP contribution in [0.2, 0.25) is 0 Å². The number of carbonyl (C=O) groups is 1. The minimum atomic E-state index is -0.243. The summed E-state index contributed by atoms with van der Waals surface area (Å²) in [6.45, 7) is 3.77. The number of aromatic nitrogens is 2. The van der Waals surface area contributed by atoms with Crippen molar-refractivity contribution in [2.45, 2.75) is 25.8 Å². The summed E-state index contributed by atoms with van der Waals surface area (Å²) >= 11 is 0. The minimum absolute atomic E-state index is 0.214. The molecule has 1 aromatic heterocycles. The van der Waals surface area contributed by atoms with Crippen molar-refractivity contribution < 1.29 is 19.0 Å². The lowest BCUT2D eigenvalue weighted by Gasteiger charge is -2.31. The van der Waals surface area contributed by atoms with E-state index in [0.29, 0.717) is 37.2 Å². The van der Waals surface area contributed by atoms with E-state index in [-0.39, 0.29) is 18.9 Å². The van der Waals surface area contributed by atoms with Gasteiger partial charge >= 0.3 is 6.09 Å². The summed E-state index contributed by atoms with van der Waals surface area (Å²) < 4.78 is 15.8. The molecule has 1 fully saturated rings. The maximum Gasteiger partial charge on any atom is 0.409 e. The number of piperidine rings is 1. The number of hydrogen-bond acceptors (Lipinski definition) is 8. The van der Waals surface area contributed by atoms with Crippen LogP contribution in [0.15, 0.2) is 30.5 Å². The molecule has 0 atom stereocenters. The number of hydrogen-bond donors (Lipinski definition) is 2. The van der Waals surface area contributed by atoms with Gasteiger partial charge < -0.3 is 29.7 Å². The number of anilines is 3. The number of benzene rings is 1. The minimum Gasteiger partial charge on any atom is -0.454 e. The Morgan fingerprint density at radius 2 is 2.07 bits per heavy atom. The molecule has 1 saturated heterocycles. The average Bonchev–Trinajstić information content (AvgIpc) is 3.17. The monoisotopic (exact) mass is 385 g/mol. The van der Waals surface area contributed by atoms with E-state index in [0.717, 1.165) is 24.3 Å². The zero-order valence-corrected chi connectivity index (χ0v) is 15.7. The van der Waals surface area contributed by atoms with Gasteiger partial charge in [-0.15, -0.1) is 0 Å². The van der Waals surface area contributed by atoms with Gasteiger partial charge in [-0.2, -0.15) is 4.98 Å². The quantitative estimate of drug-likeness (QED) is 0.811. The molecule has 0 saturated carbocycles. The first-order valence-electron chi connectivity index (χ1n) is 9.39. The Bertz CT molecular complexity index is 839. The van der Waals surface area contributed by atoms with Crippen molar-refractivity contribution in [2.75, 3.05) is 37.1 Å². The van der Waals surface area contributed by atoms with Gasteiger partial charge in [-0.25, -0.2) is 9.78 Å². The number of likely N-dealkylation sites (tertiary alicyclic amines) is 1. The zero-order valence-electron chi connectivity index (χ0n) is 15.7. The highest BCUT2D eigenvalue weighted by Gasteiger charge is 2.24. The summed E-state index contributed by atoms with van der Waals surface area (Å²) in [5.41, 5.74) is 0.858. The van der Waals surface area contributed by atoms with Crippen LogP contribution in [0, 0.1) is 0 Å². The van der Waals surface area contributed by atoms with Crippen molar-refractivity contribution in [1.82, 2.24) is 14.9 Å². The molecule has 148 valence electrons. The Morgan fingerprint density at radius 3 is 2.89 bits per heavy atom. The molecular weight excluding hydrogens is 362 g/mol. The fourth-order valence-electron chi connectivity index (χ4n) is 3.22. The summed E-state index contributed by atoms with van der Waals surface area (Å²) in [5.74, 6) is 2.69. The lowest BCUT2D eigenvalue weighted by atomic mass is 10.1. The number of nitrogens with zero attached hydrogens (tertiary/aromatic N) is 3. The van der Waals surface area contributed by atoms with Crippen molar-refractivity contribution in [1.29, 1.82) is 0 Å². The lowest BCUT2D eigenvalue weighted by molar-refractivity contribution is 0.0983. The first-order chi connectivity index (χ1) is 13.7. The molecule has 2 N–H and O–H groups in total. The Hall–Kier alpha value is -3.23. The normalized spacial score (nSPS) is 16.0. The highest BCUT2D eigenvalue weighted by Crippen LogP contribution is 2.34. The number of rotatable bonds is 5. The molecule has 0 unspecified atom stereocenters. The fraction of sp³-hybridized carbons (Fsp3) is 0.421. The molecule has 0 aliphatic carbocycles. The molecule has 0 radical (unpaired) electrons. The average molecular weight is 385 g/mol. The van der Waals surface area contributed by atoms with Crippen LogP contribution in [0.1, 0.15) is 19.8 Å². The Morgan fingerprint density at radius 1 is 1.25 bits per heavy atom. The van der Waals surface area contributed by atoms with Crippen LogP contribution < -0.4 is 20.1 Å². The van der Waals surface area contributed by atoms with Gasteiger partial charge in [0.05, 0.1) is 6.61 Å². The largest absolute Gasteiger partial charge is 0.454 e. The van der Waals surface area contributed by atoms with E-state index >= 15 is 0 Å². The van der Waals surface area contributed by atoms with E-state index in [4.69, 9.17) is 14.2 Å². The summed E-state index contributed by atoms with van der Waals surface area (Å²) in [4.78, 5) is 22.4. The number of fused-ring (bicyclic) bond motifs is 1. The van der Waals surface area contributed by atoms with Gasteiger partial charge in [-0.3, -0.25) is 0 Å². The van der Waals surface area contributed by atoms with Gasteiger partial charge in [-0.05, 0) is 38.0 Å². The first-order valence-corrected chi connectivity index (χ1v) is 9.39. The number of nitrogens with one attached hydrogen (secondary N) is 2. The molecule has 3 heterocycles. The van der Waals surface area contributed by atoms with Crippen LogP contribution in [-0.4, -0.2) is 53.5 Å². The molecule has 1 aromatic carbocycles. The third-order valence-corrected chi connectivity index (χ3v) is 4.65. The van der Waals surface area contributed by atoms with Crippen LogP contribution in [0.25, 0.3) is 0 Å². The van der Waals surface area contributed by atoms with Crippen molar-refractivity contribution in [3.05, 3.63) is 30.5 Å². The van der Waals surface area contributed by atoms with Crippen LogP contribution in [0.4, 0.5) is 22.2 Å². The predicted octanol–water partition coefficient (Wildman–Crippen LogP) is 2.98. The molecule has 9 heteroatoms. The zero-order chi connectivity index (χ0) is 19.3. The van der Waals surface area contributed by atoms with Crippen LogP contribution in [-0.2, 0) is 4.74 Å². The third-order valence-electron chi connectivity index (χ3n) is 4.65. The van der Waals surface area contributed by atoms with Crippen molar-refractivity contribution in [2.24, 2.45) is 0 Å². The Kier molecular flexibility index (Phi) is 5.31. The SMILES string of the molecule is CCOC(=O)N1CCC(Nc2nccc(Nc3ccc4c(c3)OCO4)n2)CC1. The summed E-state index contributed by atoms with van der Waals surface area (Å²) in [6, 6.07) is 7.67. The van der Waals surface area contributed by atoms with Crippen molar-refractivity contribution in [3.8, 4) is 11.5 Å². The lowest BCUT2D eigenvalue weighted by Crippen LogP contribution is -2.42. The molecule has 28 heavy (non-hydrogen) atoms. The fourth-order valence-corrected chi connectivity index (χ4v) is 3.22. The van der Waals surface area contributed by atoms with Crippen LogP contribution >= 0.6 is 0 Å². The smallest absolute Gasteiger partial charge is 0.409 e. The topological polar surface area (TPSA) is 97.8 Å². The predicted molar refractivity (Wildman–Crippen MR) is 103 cm³/mol. The summed E-state index contributed by atoms with van der Waals surface area (Å²) in [7, 11) is 0. The van der Waals surface area contributed by atoms with Crippen molar-refractivity contribution in [3.63, 3.8) is 0 Å². The highest BCUT2D eigenvalue weighted by molar-refractivity contribution is 5.67. The van der Waals surface area contributed by atoms with Gasteiger partial charge in [0, 0.05) is 37.1 Å². The molecule has 2 aromatic rings. The Labute approximate surface area is 163 Å². The summed E-state index contributed by atoms with van der Waals surface area (Å²) in [6.07, 6.45) is 3.11. The standard InChI is InChI=1S/C19H23N5O4/c1-2-26-19(25)24-9-6-13(7-10-24)22-18-20-8-5-17(23-18)21-14-3-4-15-16(11-14)28-12-27-15/h3-5,8,11,13H,2,6-7,9-10,12H2,1H3,(H2,20,21,22,23). The molecule has 0 bridgehead atoms. The van der Waals surface area contributed by atoms with Gasteiger partial charge in [0.25, 0.3) is 0 Å². The maximum absolute atomic E-state index is 11.8. The molecule has 1 amide bonds. The second kappa shape index (κ2) is 8.20. The van der Waals surface area contributed by atoms with Gasteiger partial charge in [0.15, 0.2) is 11.5 Å². The van der Waals surface area contributed by atoms with E-state index in [1.54, 1.807) is 17.2 Å². The van der Waals surface area contributed by atoms with E-state index in [1.165, 1.54) is 0 Å². The molecule has 9 nitrogen and oxygen atoms in total. The number of carbonyl (C=O) groups excluding carboxylic acids is 1. The molecular formula is C19H23N5O4. The van der Waals surface area contributed by atoms with Gasteiger partial charge in [-0.1, -0.05) is 0 Å². The Balaban J connectivity index is 1.34. The van der Waals surface area contributed by atoms with E-state index in [1.807, 2.05) is 25.1 Å². The second-order valence-corrected chi connectivity index (χ2v) is 6.56. The van der Waals surface area contributed by atoms with Crippen LogP contribution in [0.5, 0.6) is 11.5 Å². The number of amides is 1. The van der Waals surface area contributed by atoms with E-state index < -0.39 is 0 Å². The molecule has 2 aliphatic heterocycles. The first kappa shape index (κ1) is 18.1. The number of ether oxygens (including phenoxy) is 3. The maximum atomic E-state index is 11.8. The van der Waals surface area contributed by atoms with Crippen molar-refractivity contribution >= 4 is 23.5 Å². The van der Waals surface area contributed by atoms with E-state index in [9.17, 15) is 4.79 Å². The second-order valence-electron chi connectivity index (χ2n) is 6.56. The molecule has 2 aliphatic rings. The third kappa shape index (κ3) is 4.19. The molecule has 4 rings (SSSR count). The summed E-state index contributed by atoms with van der Waals surface area (Å²) in [5, 5.41) is 6.61. The highest BCUT2D eigenvalue weighted by atomic mass is 16.7. The van der Waals surface area contributed by atoms with Gasteiger partial charge in [0.1, 0.15) is 5.82 Å². The van der Waals surface area contributed by atoms with Crippen LogP contribution in [0.3, 0.4) is 0 Å². The molecule has 0 spiro atoms. The van der Waals surface area contributed by atoms with E-state index in [2.05, 4.69) is 20.6 Å².